The number of hydrogen-bond donors (Lipinski definition) is 2. The highest BCUT2D eigenvalue weighted by molar-refractivity contribution is 5.99. The van der Waals surface area contributed by atoms with E-state index in [4.69, 9.17) is 4.74 Å². The topological polar surface area (TPSA) is 50.4 Å². The first-order valence-corrected chi connectivity index (χ1v) is 6.09. The Morgan fingerprint density at radius 1 is 1.15 bits per heavy atom. The van der Waals surface area contributed by atoms with Crippen LogP contribution < -0.4 is 10.6 Å². The van der Waals surface area contributed by atoms with E-state index >= 15 is 0 Å². The first-order chi connectivity index (χ1) is 9.69. The minimum atomic E-state index is -0.496. The van der Waals surface area contributed by atoms with E-state index in [2.05, 4.69) is 10.6 Å². The number of benzene rings is 2. The lowest BCUT2D eigenvalue weighted by Crippen LogP contribution is -2.20. The Bertz CT molecular complexity index is 602. The van der Waals surface area contributed by atoms with Crippen molar-refractivity contribution in [3.63, 3.8) is 0 Å². The Morgan fingerprint density at radius 3 is 2.70 bits per heavy atom. The molecule has 2 rings (SSSR count). The van der Waals surface area contributed by atoms with Crippen LogP contribution in [0.2, 0.25) is 0 Å². The number of amides is 2. The molecule has 0 atom stereocenters. The molecule has 2 N–H and O–H groups in total. The van der Waals surface area contributed by atoms with Crippen LogP contribution in [0.4, 0.5) is 20.6 Å². The van der Waals surface area contributed by atoms with E-state index < -0.39 is 11.8 Å². The molecule has 0 bridgehead atoms. The van der Waals surface area contributed by atoms with E-state index in [0.29, 0.717) is 12.3 Å². The van der Waals surface area contributed by atoms with Crippen molar-refractivity contribution in [1.29, 1.82) is 0 Å². The molecule has 0 aromatic heterocycles. The Balaban J connectivity index is 2.01. The van der Waals surface area contributed by atoms with Gasteiger partial charge >= 0.3 is 6.03 Å². The third-order valence-electron chi connectivity index (χ3n) is 2.62. The normalized spacial score (nSPS) is 10.1. The number of para-hydroxylation sites is 1. The lowest BCUT2D eigenvalue weighted by Gasteiger charge is -2.09. The highest BCUT2D eigenvalue weighted by Crippen LogP contribution is 2.14. The molecular weight excluding hydrogens is 259 g/mol. The Morgan fingerprint density at radius 2 is 1.95 bits per heavy atom. The number of methoxy groups -OCH3 is 1. The van der Waals surface area contributed by atoms with Crippen LogP contribution in [0.25, 0.3) is 0 Å². The first kappa shape index (κ1) is 14.0. The van der Waals surface area contributed by atoms with Crippen molar-refractivity contribution >= 4 is 17.4 Å². The zero-order valence-electron chi connectivity index (χ0n) is 11.0. The SMILES string of the molecule is COCc1cccc(NC(=O)Nc2ccccc2F)c1. The summed E-state index contributed by atoms with van der Waals surface area (Å²) in [6, 6.07) is 12.8. The maximum absolute atomic E-state index is 13.4. The van der Waals surface area contributed by atoms with Gasteiger partial charge in [0.05, 0.1) is 12.3 Å². The molecule has 0 aliphatic rings. The van der Waals surface area contributed by atoms with Crippen LogP contribution in [0.5, 0.6) is 0 Å². The van der Waals surface area contributed by atoms with Crippen molar-refractivity contribution in [3.8, 4) is 0 Å². The van der Waals surface area contributed by atoms with Gasteiger partial charge in [0.1, 0.15) is 5.82 Å². The van der Waals surface area contributed by atoms with Crippen molar-refractivity contribution in [3.05, 3.63) is 59.9 Å². The number of carbonyl (C=O) groups is 1. The van der Waals surface area contributed by atoms with Gasteiger partial charge in [-0.3, -0.25) is 0 Å². The molecule has 0 radical (unpaired) electrons. The average Bonchev–Trinajstić information content (AvgIpc) is 2.42. The number of anilines is 2. The fraction of sp³-hybridized carbons (Fsp3) is 0.133. The second kappa shape index (κ2) is 6.68. The molecule has 0 heterocycles. The van der Waals surface area contributed by atoms with E-state index in [1.165, 1.54) is 12.1 Å². The van der Waals surface area contributed by atoms with Crippen molar-refractivity contribution in [2.24, 2.45) is 0 Å². The molecular formula is C15H15FN2O2. The van der Waals surface area contributed by atoms with Crippen molar-refractivity contribution < 1.29 is 13.9 Å². The summed E-state index contributed by atoms with van der Waals surface area (Å²) in [6.45, 7) is 0.463. The molecule has 5 heteroatoms. The monoisotopic (exact) mass is 274 g/mol. The van der Waals surface area contributed by atoms with Gasteiger partial charge in [-0.15, -0.1) is 0 Å². The first-order valence-electron chi connectivity index (χ1n) is 6.09. The third-order valence-corrected chi connectivity index (χ3v) is 2.62. The fourth-order valence-corrected chi connectivity index (χ4v) is 1.75. The molecule has 4 nitrogen and oxygen atoms in total. The summed E-state index contributed by atoms with van der Waals surface area (Å²) in [5.41, 5.74) is 1.70. The zero-order chi connectivity index (χ0) is 14.4. The van der Waals surface area contributed by atoms with Gasteiger partial charge in [-0.25, -0.2) is 9.18 Å². The lowest BCUT2D eigenvalue weighted by molar-refractivity contribution is 0.185. The van der Waals surface area contributed by atoms with Crippen LogP contribution in [0.15, 0.2) is 48.5 Å². The van der Waals surface area contributed by atoms with Crippen LogP contribution in [0.1, 0.15) is 5.56 Å². The largest absolute Gasteiger partial charge is 0.380 e. The standard InChI is InChI=1S/C15H15FN2O2/c1-20-10-11-5-4-6-12(9-11)17-15(19)18-14-8-3-2-7-13(14)16/h2-9H,10H2,1H3,(H2,17,18,19). The van der Waals surface area contributed by atoms with Gasteiger partial charge in [-0.2, -0.15) is 0 Å². The number of halogens is 1. The van der Waals surface area contributed by atoms with Gasteiger partial charge < -0.3 is 15.4 Å². The second-order valence-electron chi connectivity index (χ2n) is 4.19. The van der Waals surface area contributed by atoms with Crippen LogP contribution in [0, 0.1) is 5.82 Å². The molecule has 2 aromatic rings. The number of nitrogens with one attached hydrogen (secondary N) is 2. The van der Waals surface area contributed by atoms with Gasteiger partial charge in [0.15, 0.2) is 0 Å². The number of rotatable bonds is 4. The Hall–Kier alpha value is -2.40. The maximum Gasteiger partial charge on any atom is 0.323 e. The summed E-state index contributed by atoms with van der Waals surface area (Å²) in [6.07, 6.45) is 0. The number of ether oxygens (including phenoxy) is 1. The van der Waals surface area contributed by atoms with Crippen LogP contribution in [0.3, 0.4) is 0 Å². The van der Waals surface area contributed by atoms with Gasteiger partial charge in [0.25, 0.3) is 0 Å². The lowest BCUT2D eigenvalue weighted by atomic mass is 10.2. The molecule has 20 heavy (non-hydrogen) atoms. The predicted molar refractivity (Wildman–Crippen MR) is 76.2 cm³/mol. The van der Waals surface area contributed by atoms with E-state index in [9.17, 15) is 9.18 Å². The molecule has 0 aliphatic carbocycles. The zero-order valence-corrected chi connectivity index (χ0v) is 11.0. The molecule has 104 valence electrons. The van der Waals surface area contributed by atoms with Crippen LogP contribution in [-0.4, -0.2) is 13.1 Å². The minimum Gasteiger partial charge on any atom is -0.380 e. The maximum atomic E-state index is 13.4. The molecule has 0 saturated heterocycles. The molecule has 0 aliphatic heterocycles. The van der Waals surface area contributed by atoms with Crippen LogP contribution >= 0.6 is 0 Å². The number of carbonyl (C=O) groups excluding carboxylic acids is 1. The number of urea groups is 1. The van der Waals surface area contributed by atoms with Gasteiger partial charge in [-0.05, 0) is 29.8 Å². The second-order valence-corrected chi connectivity index (χ2v) is 4.19. The summed E-state index contributed by atoms with van der Waals surface area (Å²) < 4.78 is 18.4. The molecule has 0 fully saturated rings. The summed E-state index contributed by atoms with van der Waals surface area (Å²) >= 11 is 0. The summed E-state index contributed by atoms with van der Waals surface area (Å²) in [5.74, 6) is -0.476. The highest BCUT2D eigenvalue weighted by atomic mass is 19.1. The summed E-state index contributed by atoms with van der Waals surface area (Å²) in [5, 5.41) is 5.10. The Kier molecular flexibility index (Phi) is 4.68. The fourth-order valence-electron chi connectivity index (χ4n) is 1.75. The molecule has 0 saturated carbocycles. The van der Waals surface area contributed by atoms with E-state index in [1.807, 2.05) is 12.1 Å². The van der Waals surface area contributed by atoms with E-state index in [-0.39, 0.29) is 5.69 Å². The quantitative estimate of drug-likeness (QED) is 0.894. The van der Waals surface area contributed by atoms with Gasteiger partial charge in [0, 0.05) is 12.8 Å². The van der Waals surface area contributed by atoms with E-state index in [1.54, 1.807) is 31.4 Å². The summed E-state index contributed by atoms with van der Waals surface area (Å²) in [4.78, 5) is 11.8. The van der Waals surface area contributed by atoms with Crippen molar-refractivity contribution in [2.45, 2.75) is 6.61 Å². The molecule has 0 spiro atoms. The summed E-state index contributed by atoms with van der Waals surface area (Å²) in [7, 11) is 1.60. The van der Waals surface area contributed by atoms with E-state index in [0.717, 1.165) is 5.56 Å². The molecule has 0 unspecified atom stereocenters. The highest BCUT2D eigenvalue weighted by Gasteiger charge is 2.06. The number of hydrogen-bond acceptors (Lipinski definition) is 2. The Labute approximate surface area is 116 Å². The van der Waals surface area contributed by atoms with Gasteiger partial charge in [-0.1, -0.05) is 24.3 Å². The van der Waals surface area contributed by atoms with Crippen LogP contribution in [-0.2, 0) is 11.3 Å². The van der Waals surface area contributed by atoms with Crippen molar-refractivity contribution in [1.82, 2.24) is 0 Å². The molecule has 2 aromatic carbocycles. The van der Waals surface area contributed by atoms with Gasteiger partial charge in [0.2, 0.25) is 0 Å². The minimum absolute atomic E-state index is 0.137. The predicted octanol–water partition coefficient (Wildman–Crippen LogP) is 3.62. The third kappa shape index (κ3) is 3.80. The smallest absolute Gasteiger partial charge is 0.323 e. The van der Waals surface area contributed by atoms with Crippen molar-refractivity contribution in [2.75, 3.05) is 17.7 Å². The molecule has 2 amide bonds. The average molecular weight is 274 g/mol.